The second-order valence-corrected chi connectivity index (χ2v) is 2.51. The number of hydrogen-bond acceptors (Lipinski definition) is 4. The van der Waals surface area contributed by atoms with Crippen molar-refractivity contribution < 1.29 is 4.79 Å². The molecule has 0 fully saturated rings. The van der Waals surface area contributed by atoms with Crippen molar-refractivity contribution in [3.63, 3.8) is 0 Å². The zero-order valence-electron chi connectivity index (χ0n) is 7.23. The number of carbonyl (C=O) groups excluding carboxylic acids is 1. The van der Waals surface area contributed by atoms with Gasteiger partial charge in [0.15, 0.2) is 0 Å². The van der Waals surface area contributed by atoms with Crippen molar-refractivity contribution >= 4 is 5.91 Å². The summed E-state index contributed by atoms with van der Waals surface area (Å²) < 4.78 is 0. The van der Waals surface area contributed by atoms with E-state index < -0.39 is 0 Å². The van der Waals surface area contributed by atoms with Crippen molar-refractivity contribution in [1.82, 2.24) is 15.3 Å². The lowest BCUT2D eigenvalue weighted by atomic mass is 10.4. The van der Waals surface area contributed by atoms with Crippen LogP contribution in [0.2, 0.25) is 0 Å². The maximum absolute atomic E-state index is 11.0. The summed E-state index contributed by atoms with van der Waals surface area (Å²) in [5.41, 5.74) is 5.95. The molecule has 0 saturated carbocycles. The maximum atomic E-state index is 11.0. The molecule has 0 atom stereocenters. The third kappa shape index (κ3) is 3.62. The third-order valence-corrected chi connectivity index (χ3v) is 1.45. The molecule has 0 aliphatic carbocycles. The van der Waals surface area contributed by atoms with Crippen LogP contribution < -0.4 is 11.1 Å². The average molecular weight is 180 g/mol. The zero-order chi connectivity index (χ0) is 9.52. The van der Waals surface area contributed by atoms with Crippen LogP contribution in [0.1, 0.15) is 12.1 Å². The number of nitrogens with one attached hydrogen (secondary N) is 1. The minimum Gasteiger partial charge on any atom is -0.350 e. The second-order valence-electron chi connectivity index (χ2n) is 2.51. The molecule has 13 heavy (non-hydrogen) atoms. The average Bonchev–Trinajstić information content (AvgIpc) is 2.17. The minimum atomic E-state index is -0.0619. The van der Waals surface area contributed by atoms with E-state index in [4.69, 9.17) is 5.73 Å². The number of hydrogen-bond donors (Lipinski definition) is 2. The highest BCUT2D eigenvalue weighted by Crippen LogP contribution is 1.88. The van der Waals surface area contributed by atoms with E-state index in [0.717, 1.165) is 5.69 Å². The van der Waals surface area contributed by atoms with Gasteiger partial charge in [0.1, 0.15) is 0 Å². The van der Waals surface area contributed by atoms with Crippen LogP contribution >= 0.6 is 0 Å². The Bertz CT molecular complexity index is 262. The summed E-state index contributed by atoms with van der Waals surface area (Å²) in [7, 11) is 0. The highest BCUT2D eigenvalue weighted by molar-refractivity contribution is 5.75. The smallest absolute Gasteiger partial charge is 0.221 e. The number of rotatable bonds is 4. The fourth-order valence-electron chi connectivity index (χ4n) is 0.830. The Labute approximate surface area is 76.4 Å². The molecule has 0 radical (unpaired) electrons. The molecule has 5 heteroatoms. The lowest BCUT2D eigenvalue weighted by Crippen LogP contribution is -2.25. The largest absolute Gasteiger partial charge is 0.350 e. The Morgan fingerprint density at radius 1 is 1.54 bits per heavy atom. The van der Waals surface area contributed by atoms with Gasteiger partial charge in [-0.2, -0.15) is 0 Å². The quantitative estimate of drug-likeness (QED) is 0.651. The Morgan fingerprint density at radius 2 is 2.38 bits per heavy atom. The van der Waals surface area contributed by atoms with Gasteiger partial charge in [0.25, 0.3) is 0 Å². The van der Waals surface area contributed by atoms with Crippen LogP contribution in [0.5, 0.6) is 0 Å². The summed E-state index contributed by atoms with van der Waals surface area (Å²) in [5, 5.41) is 2.68. The van der Waals surface area contributed by atoms with E-state index >= 15 is 0 Å². The van der Waals surface area contributed by atoms with Crippen molar-refractivity contribution in [3.8, 4) is 0 Å². The van der Waals surface area contributed by atoms with Crippen LogP contribution in [0.25, 0.3) is 0 Å². The van der Waals surface area contributed by atoms with E-state index in [-0.39, 0.29) is 5.91 Å². The van der Waals surface area contributed by atoms with E-state index in [1.807, 2.05) is 0 Å². The Morgan fingerprint density at radius 3 is 3.00 bits per heavy atom. The first-order chi connectivity index (χ1) is 6.33. The first-order valence-electron chi connectivity index (χ1n) is 4.04. The number of amides is 1. The molecule has 1 heterocycles. The van der Waals surface area contributed by atoms with Gasteiger partial charge < -0.3 is 11.1 Å². The highest BCUT2D eigenvalue weighted by atomic mass is 16.1. The molecule has 5 nitrogen and oxygen atoms in total. The Balaban J connectivity index is 2.31. The molecular formula is C8H12N4O. The highest BCUT2D eigenvalue weighted by Gasteiger charge is 1.99. The van der Waals surface area contributed by atoms with Crippen molar-refractivity contribution in [1.29, 1.82) is 0 Å². The molecule has 0 bridgehead atoms. The van der Waals surface area contributed by atoms with Gasteiger partial charge in [0, 0.05) is 25.4 Å². The molecule has 0 aliphatic heterocycles. The molecule has 1 aromatic heterocycles. The van der Waals surface area contributed by atoms with Crippen molar-refractivity contribution in [2.24, 2.45) is 5.73 Å². The molecule has 1 rings (SSSR count). The van der Waals surface area contributed by atoms with Gasteiger partial charge in [-0.1, -0.05) is 0 Å². The topological polar surface area (TPSA) is 80.9 Å². The van der Waals surface area contributed by atoms with Crippen LogP contribution in [0.4, 0.5) is 0 Å². The summed E-state index contributed by atoms with van der Waals surface area (Å²) in [6.45, 7) is 0.777. The normalized spacial score (nSPS) is 9.62. The monoisotopic (exact) mass is 180 g/mol. The number of aromatic nitrogens is 2. The Hall–Kier alpha value is -1.49. The van der Waals surface area contributed by atoms with Gasteiger partial charge in [-0.25, -0.2) is 0 Å². The standard InChI is InChI=1S/C8H12N4O/c9-2-1-8(13)12-6-7-5-10-3-4-11-7/h3-5H,1-2,6,9H2,(H,12,13). The van der Waals surface area contributed by atoms with E-state index in [0.29, 0.717) is 19.5 Å². The molecule has 0 spiro atoms. The van der Waals surface area contributed by atoms with E-state index in [1.165, 1.54) is 0 Å². The predicted molar refractivity (Wildman–Crippen MR) is 47.6 cm³/mol. The molecule has 70 valence electrons. The third-order valence-electron chi connectivity index (χ3n) is 1.45. The lowest BCUT2D eigenvalue weighted by molar-refractivity contribution is -0.121. The number of nitrogens with zero attached hydrogens (tertiary/aromatic N) is 2. The zero-order valence-corrected chi connectivity index (χ0v) is 7.23. The summed E-state index contributed by atoms with van der Waals surface area (Å²) >= 11 is 0. The van der Waals surface area contributed by atoms with Gasteiger partial charge in [-0.15, -0.1) is 0 Å². The molecule has 1 amide bonds. The first kappa shape index (κ1) is 9.60. The van der Waals surface area contributed by atoms with Gasteiger partial charge in [0.05, 0.1) is 18.4 Å². The van der Waals surface area contributed by atoms with Crippen molar-refractivity contribution in [2.75, 3.05) is 6.54 Å². The molecule has 0 aromatic carbocycles. The van der Waals surface area contributed by atoms with Gasteiger partial charge in [0.2, 0.25) is 5.91 Å². The lowest BCUT2D eigenvalue weighted by Gasteiger charge is -2.02. The summed E-state index contributed by atoms with van der Waals surface area (Å²) in [4.78, 5) is 18.8. The van der Waals surface area contributed by atoms with Gasteiger partial charge >= 0.3 is 0 Å². The van der Waals surface area contributed by atoms with Crippen molar-refractivity contribution in [2.45, 2.75) is 13.0 Å². The van der Waals surface area contributed by atoms with Crippen LogP contribution in [0, 0.1) is 0 Å². The summed E-state index contributed by atoms with van der Waals surface area (Å²) in [6.07, 6.45) is 5.14. The molecule has 3 N–H and O–H groups in total. The summed E-state index contributed by atoms with van der Waals surface area (Å²) in [5.74, 6) is -0.0619. The maximum Gasteiger partial charge on any atom is 0.221 e. The SMILES string of the molecule is NCCC(=O)NCc1cnccn1. The van der Waals surface area contributed by atoms with E-state index in [1.54, 1.807) is 18.6 Å². The molecule has 1 aromatic rings. The predicted octanol–water partition coefficient (Wildman–Crippen LogP) is -0.558. The van der Waals surface area contributed by atoms with E-state index in [9.17, 15) is 4.79 Å². The van der Waals surface area contributed by atoms with Crippen LogP contribution in [-0.2, 0) is 11.3 Å². The first-order valence-corrected chi connectivity index (χ1v) is 4.04. The fraction of sp³-hybridized carbons (Fsp3) is 0.375. The molecule has 0 unspecified atom stereocenters. The van der Waals surface area contributed by atoms with Crippen LogP contribution in [0.3, 0.4) is 0 Å². The van der Waals surface area contributed by atoms with Gasteiger partial charge in [-0.05, 0) is 0 Å². The van der Waals surface area contributed by atoms with E-state index in [2.05, 4.69) is 15.3 Å². The van der Waals surface area contributed by atoms with Crippen LogP contribution in [0.15, 0.2) is 18.6 Å². The Kier molecular flexibility index (Phi) is 3.84. The molecular weight excluding hydrogens is 168 g/mol. The van der Waals surface area contributed by atoms with Gasteiger partial charge in [-0.3, -0.25) is 14.8 Å². The minimum absolute atomic E-state index is 0.0619. The number of carbonyl (C=O) groups is 1. The number of nitrogens with two attached hydrogens (primary N) is 1. The molecule has 0 aliphatic rings. The van der Waals surface area contributed by atoms with Crippen LogP contribution in [-0.4, -0.2) is 22.4 Å². The molecule has 0 saturated heterocycles. The summed E-state index contributed by atoms with van der Waals surface area (Å²) in [6, 6.07) is 0. The second kappa shape index (κ2) is 5.21. The van der Waals surface area contributed by atoms with Crippen molar-refractivity contribution in [3.05, 3.63) is 24.3 Å². The fourth-order valence-corrected chi connectivity index (χ4v) is 0.830.